The summed E-state index contributed by atoms with van der Waals surface area (Å²) in [5, 5.41) is 8.51. The smallest absolute Gasteiger partial charge is 0.259 e. The van der Waals surface area contributed by atoms with E-state index >= 15 is 0 Å². The highest BCUT2D eigenvalue weighted by molar-refractivity contribution is 5.64. The number of pyridine rings is 1. The van der Waals surface area contributed by atoms with Gasteiger partial charge in [-0.15, -0.1) is 0 Å². The van der Waals surface area contributed by atoms with Gasteiger partial charge in [0.05, 0.1) is 23.7 Å². The number of rotatable bonds is 2. The van der Waals surface area contributed by atoms with Gasteiger partial charge in [0.2, 0.25) is 0 Å². The predicted octanol–water partition coefficient (Wildman–Crippen LogP) is 4.11. The molecule has 0 aliphatic carbocycles. The summed E-state index contributed by atoms with van der Waals surface area (Å²) >= 11 is 0. The van der Waals surface area contributed by atoms with Crippen LogP contribution in [0.5, 0.6) is 0 Å². The Morgan fingerprint density at radius 2 is 1.90 bits per heavy atom. The molecule has 7 heteroatoms. The van der Waals surface area contributed by atoms with Gasteiger partial charge in [-0.05, 0) is 12.1 Å². The maximum Gasteiger partial charge on any atom is 0.418 e. The van der Waals surface area contributed by atoms with Crippen molar-refractivity contribution < 1.29 is 22.0 Å². The number of benzene rings is 1. The van der Waals surface area contributed by atoms with Crippen LogP contribution in [0.4, 0.5) is 22.0 Å². The number of nitrogens with zero attached hydrogens (tertiary/aromatic N) is 2. The number of hydrogen-bond donors (Lipinski definition) is 0. The standard InChI is InChI=1S/C14H7F5N2/c15-11-3-1-2-9(13(11)16)8-6-10(14(17,18)19)12(4-5-20)21-7-8/h1-3,6-7H,4H2. The molecule has 0 atom stereocenters. The summed E-state index contributed by atoms with van der Waals surface area (Å²) in [7, 11) is 0. The van der Waals surface area contributed by atoms with Crippen LogP contribution in [0.3, 0.4) is 0 Å². The third-order valence-corrected chi connectivity index (χ3v) is 2.78. The molecule has 0 saturated heterocycles. The fraction of sp³-hybridized carbons (Fsp3) is 0.143. The first-order chi connectivity index (χ1) is 9.84. The van der Waals surface area contributed by atoms with Gasteiger partial charge in [0.25, 0.3) is 0 Å². The summed E-state index contributed by atoms with van der Waals surface area (Å²) in [5.41, 5.74) is -2.12. The van der Waals surface area contributed by atoms with Crippen LogP contribution in [0, 0.1) is 23.0 Å². The molecular weight excluding hydrogens is 291 g/mol. The lowest BCUT2D eigenvalue weighted by atomic mass is 10.0. The first-order valence-electron chi connectivity index (χ1n) is 5.72. The van der Waals surface area contributed by atoms with E-state index in [1.54, 1.807) is 6.07 Å². The molecule has 0 bridgehead atoms. The van der Waals surface area contributed by atoms with Crippen molar-refractivity contribution in [3.05, 3.63) is 53.4 Å². The second kappa shape index (κ2) is 5.48. The van der Waals surface area contributed by atoms with Crippen molar-refractivity contribution in [3.63, 3.8) is 0 Å². The van der Waals surface area contributed by atoms with Crippen molar-refractivity contribution in [1.29, 1.82) is 5.26 Å². The van der Waals surface area contributed by atoms with E-state index in [1.165, 1.54) is 6.07 Å². The van der Waals surface area contributed by atoms with Crippen LogP contribution < -0.4 is 0 Å². The average molecular weight is 298 g/mol. The van der Waals surface area contributed by atoms with Crippen molar-refractivity contribution >= 4 is 0 Å². The zero-order chi connectivity index (χ0) is 15.6. The molecule has 0 aliphatic heterocycles. The predicted molar refractivity (Wildman–Crippen MR) is 63.9 cm³/mol. The Bertz CT molecular complexity index is 716. The molecule has 0 spiro atoms. The summed E-state index contributed by atoms with van der Waals surface area (Å²) in [6.45, 7) is 0. The average Bonchev–Trinajstić information content (AvgIpc) is 2.42. The lowest BCUT2D eigenvalue weighted by Gasteiger charge is -2.12. The Balaban J connectivity index is 2.62. The fourth-order valence-corrected chi connectivity index (χ4v) is 1.83. The fourth-order valence-electron chi connectivity index (χ4n) is 1.83. The summed E-state index contributed by atoms with van der Waals surface area (Å²) in [4.78, 5) is 3.55. The van der Waals surface area contributed by atoms with E-state index in [1.807, 2.05) is 0 Å². The van der Waals surface area contributed by atoms with E-state index in [4.69, 9.17) is 5.26 Å². The Morgan fingerprint density at radius 3 is 2.52 bits per heavy atom. The molecule has 1 aromatic carbocycles. The molecule has 0 unspecified atom stereocenters. The van der Waals surface area contributed by atoms with Crippen molar-refractivity contribution in [3.8, 4) is 17.2 Å². The second-order valence-corrected chi connectivity index (χ2v) is 4.15. The van der Waals surface area contributed by atoms with E-state index in [-0.39, 0.29) is 11.1 Å². The maximum absolute atomic E-state index is 13.6. The van der Waals surface area contributed by atoms with E-state index in [0.717, 1.165) is 18.3 Å². The molecule has 0 N–H and O–H groups in total. The van der Waals surface area contributed by atoms with Crippen molar-refractivity contribution in [2.45, 2.75) is 12.6 Å². The van der Waals surface area contributed by atoms with Crippen LogP contribution in [0.1, 0.15) is 11.3 Å². The monoisotopic (exact) mass is 298 g/mol. The molecule has 0 aliphatic rings. The third kappa shape index (κ3) is 2.99. The van der Waals surface area contributed by atoms with E-state index in [9.17, 15) is 22.0 Å². The highest BCUT2D eigenvalue weighted by Gasteiger charge is 2.34. The Hall–Kier alpha value is -2.49. The van der Waals surface area contributed by atoms with Crippen LogP contribution in [0.25, 0.3) is 11.1 Å². The summed E-state index contributed by atoms with van der Waals surface area (Å²) in [6, 6.07) is 5.44. The number of halogens is 5. The lowest BCUT2D eigenvalue weighted by Crippen LogP contribution is -2.11. The number of nitriles is 1. The third-order valence-electron chi connectivity index (χ3n) is 2.78. The van der Waals surface area contributed by atoms with Crippen molar-refractivity contribution in [2.24, 2.45) is 0 Å². The van der Waals surface area contributed by atoms with Gasteiger partial charge in [-0.3, -0.25) is 4.98 Å². The number of hydrogen-bond acceptors (Lipinski definition) is 2. The van der Waals surface area contributed by atoms with Gasteiger partial charge >= 0.3 is 6.18 Å². The molecule has 1 heterocycles. The van der Waals surface area contributed by atoms with Gasteiger partial charge < -0.3 is 0 Å². The van der Waals surface area contributed by atoms with Crippen molar-refractivity contribution in [2.75, 3.05) is 0 Å². The zero-order valence-electron chi connectivity index (χ0n) is 10.4. The molecule has 0 fully saturated rings. The normalized spacial score (nSPS) is 11.2. The van der Waals surface area contributed by atoms with E-state index < -0.39 is 35.5 Å². The SMILES string of the molecule is N#CCc1ncc(-c2cccc(F)c2F)cc1C(F)(F)F. The summed E-state index contributed by atoms with van der Waals surface area (Å²) in [5.74, 6) is -2.41. The van der Waals surface area contributed by atoms with Crippen LogP contribution >= 0.6 is 0 Å². The molecule has 2 nitrogen and oxygen atoms in total. The van der Waals surface area contributed by atoms with Gasteiger partial charge in [-0.2, -0.15) is 18.4 Å². The first-order valence-corrected chi connectivity index (χ1v) is 5.72. The molecular formula is C14H7F5N2. The largest absolute Gasteiger partial charge is 0.418 e. The maximum atomic E-state index is 13.6. The van der Waals surface area contributed by atoms with Gasteiger partial charge in [-0.1, -0.05) is 12.1 Å². The second-order valence-electron chi connectivity index (χ2n) is 4.15. The number of alkyl halides is 3. The van der Waals surface area contributed by atoms with Crippen molar-refractivity contribution in [1.82, 2.24) is 4.98 Å². The minimum atomic E-state index is -4.74. The summed E-state index contributed by atoms with van der Waals surface area (Å²) in [6.07, 6.45) is -4.28. The van der Waals surface area contributed by atoms with Gasteiger partial charge in [0.15, 0.2) is 11.6 Å². The molecule has 0 radical (unpaired) electrons. The molecule has 21 heavy (non-hydrogen) atoms. The molecule has 2 aromatic rings. The van der Waals surface area contributed by atoms with Crippen LogP contribution in [-0.2, 0) is 12.6 Å². The number of aromatic nitrogens is 1. The Labute approximate surface area is 116 Å². The summed E-state index contributed by atoms with van der Waals surface area (Å²) < 4.78 is 65.6. The highest BCUT2D eigenvalue weighted by Crippen LogP contribution is 2.35. The lowest BCUT2D eigenvalue weighted by molar-refractivity contribution is -0.138. The minimum absolute atomic E-state index is 0.207. The van der Waals surface area contributed by atoms with Gasteiger partial charge in [-0.25, -0.2) is 8.78 Å². The molecule has 108 valence electrons. The van der Waals surface area contributed by atoms with Crippen LogP contribution in [0.2, 0.25) is 0 Å². The quantitative estimate of drug-likeness (QED) is 0.782. The highest BCUT2D eigenvalue weighted by atomic mass is 19.4. The minimum Gasteiger partial charge on any atom is -0.259 e. The van der Waals surface area contributed by atoms with Crippen LogP contribution in [0.15, 0.2) is 30.5 Å². The van der Waals surface area contributed by atoms with E-state index in [0.29, 0.717) is 6.07 Å². The molecule has 0 saturated carbocycles. The van der Waals surface area contributed by atoms with Gasteiger partial charge in [0.1, 0.15) is 0 Å². The van der Waals surface area contributed by atoms with Crippen LogP contribution in [-0.4, -0.2) is 4.98 Å². The first kappa shape index (κ1) is 14.9. The molecule has 1 aromatic heterocycles. The van der Waals surface area contributed by atoms with E-state index in [2.05, 4.69) is 4.98 Å². The molecule has 0 amide bonds. The molecule has 2 rings (SSSR count). The Morgan fingerprint density at radius 1 is 1.19 bits per heavy atom. The Kier molecular flexibility index (Phi) is 3.89. The topological polar surface area (TPSA) is 36.7 Å². The zero-order valence-corrected chi connectivity index (χ0v) is 10.4. The van der Waals surface area contributed by atoms with Gasteiger partial charge in [0, 0.05) is 17.3 Å².